The molecule has 0 spiro atoms. The molecule has 0 radical (unpaired) electrons. The van der Waals surface area contributed by atoms with Crippen LogP contribution in [0, 0.1) is 0 Å². The molecule has 5 nitrogen and oxygen atoms in total. The third-order valence-corrected chi connectivity index (χ3v) is 2.41. The third-order valence-electron chi connectivity index (χ3n) is 2.41. The second-order valence-corrected chi connectivity index (χ2v) is 4.73. The summed E-state index contributed by atoms with van der Waals surface area (Å²) in [5, 5.41) is 5.93. The third kappa shape index (κ3) is 5.16. The minimum absolute atomic E-state index is 0.0536. The van der Waals surface area contributed by atoms with Crippen molar-refractivity contribution in [3.63, 3.8) is 0 Å². The van der Waals surface area contributed by atoms with E-state index in [2.05, 4.69) is 15.6 Å². The van der Waals surface area contributed by atoms with Crippen molar-refractivity contribution in [3.8, 4) is 5.75 Å². The summed E-state index contributed by atoms with van der Waals surface area (Å²) in [7, 11) is 0. The zero-order valence-electron chi connectivity index (χ0n) is 12.1. The van der Waals surface area contributed by atoms with Crippen LogP contribution < -0.4 is 15.4 Å². The van der Waals surface area contributed by atoms with Crippen LogP contribution in [0.2, 0.25) is 0 Å². The van der Waals surface area contributed by atoms with Crippen molar-refractivity contribution in [1.29, 1.82) is 0 Å². The maximum Gasteiger partial charge on any atom is 0.242 e. The van der Waals surface area contributed by atoms with Gasteiger partial charge in [-0.1, -0.05) is 6.92 Å². The Morgan fingerprint density at radius 2 is 2.16 bits per heavy atom. The van der Waals surface area contributed by atoms with E-state index in [-0.39, 0.29) is 18.0 Å². The predicted molar refractivity (Wildman–Crippen MR) is 76.4 cm³/mol. The maximum atomic E-state index is 11.8. The number of carbonyl (C=O) groups excluding carboxylic acids is 1. The highest BCUT2D eigenvalue weighted by Crippen LogP contribution is 2.21. The Bertz CT molecular complexity index is 407. The van der Waals surface area contributed by atoms with Crippen LogP contribution in [0.5, 0.6) is 5.75 Å². The number of ether oxygens (including phenoxy) is 1. The van der Waals surface area contributed by atoms with Gasteiger partial charge in [-0.2, -0.15) is 0 Å². The van der Waals surface area contributed by atoms with Crippen molar-refractivity contribution in [1.82, 2.24) is 10.3 Å². The first kappa shape index (κ1) is 15.3. The molecule has 1 unspecified atom stereocenters. The number of nitrogens with one attached hydrogen (secondary N) is 2. The smallest absolute Gasteiger partial charge is 0.242 e. The van der Waals surface area contributed by atoms with Gasteiger partial charge in [-0.05, 0) is 39.3 Å². The highest BCUT2D eigenvalue weighted by atomic mass is 16.5. The highest BCUT2D eigenvalue weighted by Gasteiger charge is 2.15. The zero-order chi connectivity index (χ0) is 14.3. The fourth-order valence-corrected chi connectivity index (χ4v) is 1.51. The topological polar surface area (TPSA) is 63.2 Å². The molecular formula is C14H23N3O2. The van der Waals surface area contributed by atoms with Gasteiger partial charge in [0.15, 0.2) is 11.6 Å². The Labute approximate surface area is 114 Å². The Morgan fingerprint density at radius 1 is 1.42 bits per heavy atom. The average molecular weight is 265 g/mol. The standard InChI is InChI=1S/C14H23N3O2/c1-5-9-19-12-7-6-8-15-13(12)17-11(4)14(18)16-10(2)3/h6-8,10-11H,5,9H2,1-4H3,(H,15,17)(H,16,18). The molecule has 0 aromatic carbocycles. The van der Waals surface area contributed by atoms with E-state index in [0.717, 1.165) is 6.42 Å². The highest BCUT2D eigenvalue weighted by molar-refractivity contribution is 5.84. The summed E-state index contributed by atoms with van der Waals surface area (Å²) in [5.74, 6) is 1.22. The van der Waals surface area contributed by atoms with Crippen molar-refractivity contribution >= 4 is 11.7 Å². The second-order valence-electron chi connectivity index (χ2n) is 4.73. The van der Waals surface area contributed by atoms with Crippen molar-refractivity contribution < 1.29 is 9.53 Å². The van der Waals surface area contributed by atoms with Crippen LogP contribution in [-0.4, -0.2) is 29.6 Å². The molecule has 0 aliphatic heterocycles. The van der Waals surface area contributed by atoms with Gasteiger partial charge in [0.1, 0.15) is 6.04 Å². The lowest BCUT2D eigenvalue weighted by molar-refractivity contribution is -0.122. The molecule has 1 amide bonds. The molecule has 1 rings (SSSR count). The van der Waals surface area contributed by atoms with E-state index < -0.39 is 0 Å². The number of anilines is 1. The lowest BCUT2D eigenvalue weighted by Gasteiger charge is -2.18. The summed E-state index contributed by atoms with van der Waals surface area (Å²) < 4.78 is 5.59. The van der Waals surface area contributed by atoms with E-state index in [1.165, 1.54) is 0 Å². The number of hydrogen-bond acceptors (Lipinski definition) is 4. The molecule has 106 valence electrons. The Morgan fingerprint density at radius 3 is 2.79 bits per heavy atom. The van der Waals surface area contributed by atoms with E-state index in [1.54, 1.807) is 13.1 Å². The summed E-state index contributed by atoms with van der Waals surface area (Å²) in [6.07, 6.45) is 2.60. The van der Waals surface area contributed by atoms with Gasteiger partial charge in [-0.15, -0.1) is 0 Å². The number of nitrogens with zero attached hydrogens (tertiary/aromatic N) is 1. The molecule has 2 N–H and O–H groups in total. The van der Waals surface area contributed by atoms with Crippen LogP contribution >= 0.6 is 0 Å². The largest absolute Gasteiger partial charge is 0.490 e. The van der Waals surface area contributed by atoms with E-state index in [9.17, 15) is 4.79 Å². The molecule has 1 aromatic heterocycles. The van der Waals surface area contributed by atoms with E-state index in [4.69, 9.17) is 4.74 Å². The van der Waals surface area contributed by atoms with Crippen molar-refractivity contribution in [3.05, 3.63) is 18.3 Å². The van der Waals surface area contributed by atoms with E-state index in [0.29, 0.717) is 18.2 Å². The minimum atomic E-state index is -0.360. The number of carbonyl (C=O) groups is 1. The predicted octanol–water partition coefficient (Wildman–Crippen LogP) is 2.20. The Kier molecular flexibility index (Phi) is 6.12. The number of hydrogen-bond donors (Lipinski definition) is 2. The van der Waals surface area contributed by atoms with Crippen molar-refractivity contribution in [2.24, 2.45) is 0 Å². The monoisotopic (exact) mass is 265 g/mol. The van der Waals surface area contributed by atoms with Gasteiger partial charge in [-0.3, -0.25) is 4.79 Å². The summed E-state index contributed by atoms with van der Waals surface area (Å²) in [4.78, 5) is 16.1. The minimum Gasteiger partial charge on any atom is -0.490 e. The van der Waals surface area contributed by atoms with Gasteiger partial charge in [0, 0.05) is 12.2 Å². The molecule has 0 saturated carbocycles. The summed E-state index contributed by atoms with van der Waals surface area (Å²) in [6, 6.07) is 3.42. The summed E-state index contributed by atoms with van der Waals surface area (Å²) in [6.45, 7) is 8.34. The second kappa shape index (κ2) is 7.61. The molecule has 1 atom stereocenters. The molecule has 19 heavy (non-hydrogen) atoms. The molecule has 0 aliphatic rings. The van der Waals surface area contributed by atoms with Crippen LogP contribution in [0.15, 0.2) is 18.3 Å². The summed E-state index contributed by atoms with van der Waals surface area (Å²) in [5.41, 5.74) is 0. The molecule has 0 saturated heterocycles. The molecular weight excluding hydrogens is 242 g/mol. The van der Waals surface area contributed by atoms with Crippen molar-refractivity contribution in [2.75, 3.05) is 11.9 Å². The van der Waals surface area contributed by atoms with E-state index in [1.807, 2.05) is 32.9 Å². The van der Waals surface area contributed by atoms with Gasteiger partial charge >= 0.3 is 0 Å². The Hall–Kier alpha value is -1.78. The lowest BCUT2D eigenvalue weighted by atomic mass is 10.2. The Balaban J connectivity index is 2.67. The molecule has 0 fully saturated rings. The fraction of sp³-hybridized carbons (Fsp3) is 0.571. The summed E-state index contributed by atoms with van der Waals surface area (Å²) >= 11 is 0. The SMILES string of the molecule is CCCOc1cccnc1NC(C)C(=O)NC(C)C. The van der Waals surface area contributed by atoms with Gasteiger partial charge < -0.3 is 15.4 Å². The van der Waals surface area contributed by atoms with Gasteiger partial charge in [-0.25, -0.2) is 4.98 Å². The first-order valence-electron chi connectivity index (χ1n) is 6.69. The molecule has 0 aliphatic carbocycles. The average Bonchev–Trinajstić information content (AvgIpc) is 2.36. The fourth-order valence-electron chi connectivity index (χ4n) is 1.51. The molecule has 1 aromatic rings. The quantitative estimate of drug-likeness (QED) is 0.793. The zero-order valence-corrected chi connectivity index (χ0v) is 12.1. The molecule has 0 bridgehead atoms. The number of rotatable bonds is 7. The first-order chi connectivity index (χ1) is 9.04. The van der Waals surface area contributed by atoms with Crippen LogP contribution in [0.4, 0.5) is 5.82 Å². The van der Waals surface area contributed by atoms with Gasteiger partial charge in [0.2, 0.25) is 5.91 Å². The molecule has 1 heterocycles. The molecule has 5 heteroatoms. The van der Waals surface area contributed by atoms with Crippen LogP contribution in [0.1, 0.15) is 34.1 Å². The van der Waals surface area contributed by atoms with Crippen molar-refractivity contribution in [2.45, 2.75) is 46.2 Å². The normalized spacial score (nSPS) is 12.1. The van der Waals surface area contributed by atoms with Gasteiger partial charge in [0.05, 0.1) is 6.61 Å². The maximum absolute atomic E-state index is 11.8. The van der Waals surface area contributed by atoms with Crippen LogP contribution in [0.3, 0.4) is 0 Å². The first-order valence-corrected chi connectivity index (χ1v) is 6.69. The number of pyridine rings is 1. The van der Waals surface area contributed by atoms with Crippen LogP contribution in [-0.2, 0) is 4.79 Å². The lowest BCUT2D eigenvalue weighted by Crippen LogP contribution is -2.41. The number of amides is 1. The number of aromatic nitrogens is 1. The van der Waals surface area contributed by atoms with E-state index >= 15 is 0 Å². The van der Waals surface area contributed by atoms with Crippen LogP contribution in [0.25, 0.3) is 0 Å². The van der Waals surface area contributed by atoms with Gasteiger partial charge in [0.25, 0.3) is 0 Å².